The predicted octanol–water partition coefficient (Wildman–Crippen LogP) is -4.67. The number of carbonyl (C=O) groups excluding carboxylic acids is 3. The van der Waals surface area contributed by atoms with Crippen molar-refractivity contribution >= 4 is 29.7 Å². The Labute approximate surface area is 147 Å². The van der Waals surface area contributed by atoms with Crippen molar-refractivity contribution in [1.82, 2.24) is 16.0 Å². The third kappa shape index (κ3) is 8.36. The van der Waals surface area contributed by atoms with Gasteiger partial charge in [0.2, 0.25) is 17.7 Å². The lowest BCUT2D eigenvalue weighted by molar-refractivity contribution is -0.143. The summed E-state index contributed by atoms with van der Waals surface area (Å²) in [6, 6.07) is -4.57. The first-order valence-electron chi connectivity index (χ1n) is 7.42. The second-order valence-electron chi connectivity index (χ2n) is 5.08. The van der Waals surface area contributed by atoms with Gasteiger partial charge in [-0.05, 0) is 6.42 Å². The molecule has 9 N–H and O–H groups in total. The SMILES string of the molecule is NCC(=O)NC(CO)C(=O)NC(CO)C(=O)NC(CCC(=O)O)C(=O)O. The molecule has 0 aromatic rings. The van der Waals surface area contributed by atoms with Crippen molar-refractivity contribution in [2.24, 2.45) is 5.73 Å². The van der Waals surface area contributed by atoms with E-state index < -0.39 is 80.4 Å². The van der Waals surface area contributed by atoms with Crippen LogP contribution in [0.25, 0.3) is 0 Å². The van der Waals surface area contributed by atoms with Gasteiger partial charge in [0, 0.05) is 6.42 Å². The zero-order valence-corrected chi connectivity index (χ0v) is 13.7. The molecule has 3 atom stereocenters. The number of nitrogens with one attached hydrogen (secondary N) is 3. The number of aliphatic hydroxyl groups is 2. The summed E-state index contributed by atoms with van der Waals surface area (Å²) in [6.07, 6.45) is -0.931. The van der Waals surface area contributed by atoms with Gasteiger partial charge in [0.15, 0.2) is 0 Å². The molecule has 13 heteroatoms. The molecule has 0 aromatic carbocycles. The van der Waals surface area contributed by atoms with Crippen LogP contribution < -0.4 is 21.7 Å². The van der Waals surface area contributed by atoms with E-state index in [2.05, 4.69) is 5.32 Å². The van der Waals surface area contributed by atoms with Crippen LogP contribution in [0.2, 0.25) is 0 Å². The summed E-state index contributed by atoms with van der Waals surface area (Å²) >= 11 is 0. The largest absolute Gasteiger partial charge is 0.481 e. The van der Waals surface area contributed by atoms with E-state index >= 15 is 0 Å². The lowest BCUT2D eigenvalue weighted by atomic mass is 10.1. The normalized spacial score (nSPS) is 13.8. The van der Waals surface area contributed by atoms with Crippen LogP contribution >= 0.6 is 0 Å². The highest BCUT2D eigenvalue weighted by molar-refractivity contribution is 5.93. The molecule has 0 saturated carbocycles. The Morgan fingerprint density at radius 3 is 1.65 bits per heavy atom. The van der Waals surface area contributed by atoms with E-state index in [0.717, 1.165) is 0 Å². The molecule has 0 fully saturated rings. The van der Waals surface area contributed by atoms with Gasteiger partial charge in [0.25, 0.3) is 0 Å². The highest BCUT2D eigenvalue weighted by Crippen LogP contribution is 1.99. The number of aliphatic carboxylic acids is 2. The average molecular weight is 378 g/mol. The molecular formula is C13H22N4O9. The maximum Gasteiger partial charge on any atom is 0.326 e. The molecule has 0 radical (unpaired) electrons. The summed E-state index contributed by atoms with van der Waals surface area (Å²) in [4.78, 5) is 56.6. The summed E-state index contributed by atoms with van der Waals surface area (Å²) in [6.45, 7) is -2.17. The molecule has 0 aliphatic carbocycles. The van der Waals surface area contributed by atoms with E-state index in [4.69, 9.17) is 21.1 Å². The fourth-order valence-electron chi connectivity index (χ4n) is 1.71. The van der Waals surface area contributed by atoms with Gasteiger partial charge < -0.3 is 42.1 Å². The fourth-order valence-corrected chi connectivity index (χ4v) is 1.71. The van der Waals surface area contributed by atoms with E-state index in [1.54, 1.807) is 0 Å². The van der Waals surface area contributed by atoms with Gasteiger partial charge in [-0.3, -0.25) is 19.2 Å². The Morgan fingerprint density at radius 2 is 1.27 bits per heavy atom. The van der Waals surface area contributed by atoms with E-state index in [1.807, 2.05) is 10.6 Å². The Bertz CT molecular complexity index is 540. The summed E-state index contributed by atoms with van der Waals surface area (Å²) in [5.74, 6) is -5.60. The number of nitrogens with two attached hydrogens (primary N) is 1. The van der Waals surface area contributed by atoms with E-state index in [-0.39, 0.29) is 0 Å². The van der Waals surface area contributed by atoms with Gasteiger partial charge >= 0.3 is 11.9 Å². The van der Waals surface area contributed by atoms with Crippen LogP contribution in [0.4, 0.5) is 0 Å². The quantitative estimate of drug-likeness (QED) is 0.162. The molecule has 26 heavy (non-hydrogen) atoms. The summed E-state index contributed by atoms with van der Waals surface area (Å²) < 4.78 is 0. The van der Waals surface area contributed by atoms with Gasteiger partial charge in [0.05, 0.1) is 19.8 Å². The lowest BCUT2D eigenvalue weighted by Gasteiger charge is -2.22. The van der Waals surface area contributed by atoms with Gasteiger partial charge in [-0.1, -0.05) is 0 Å². The monoisotopic (exact) mass is 378 g/mol. The van der Waals surface area contributed by atoms with Crippen molar-refractivity contribution in [3.63, 3.8) is 0 Å². The molecule has 0 aromatic heterocycles. The van der Waals surface area contributed by atoms with Crippen LogP contribution in [-0.4, -0.2) is 88.0 Å². The maximum absolute atomic E-state index is 12.0. The van der Waals surface area contributed by atoms with Crippen molar-refractivity contribution in [1.29, 1.82) is 0 Å². The van der Waals surface area contributed by atoms with Crippen molar-refractivity contribution in [3.05, 3.63) is 0 Å². The van der Waals surface area contributed by atoms with Gasteiger partial charge in [0.1, 0.15) is 18.1 Å². The molecule has 148 valence electrons. The third-order valence-corrected chi connectivity index (χ3v) is 3.10. The molecule has 0 aliphatic rings. The predicted molar refractivity (Wildman–Crippen MR) is 83.5 cm³/mol. The zero-order chi connectivity index (χ0) is 20.3. The van der Waals surface area contributed by atoms with E-state index in [1.165, 1.54) is 0 Å². The number of carboxylic acid groups (broad SMARTS) is 2. The minimum absolute atomic E-state index is 0.408. The Kier molecular flexibility index (Phi) is 10.5. The van der Waals surface area contributed by atoms with Crippen molar-refractivity contribution < 1.29 is 44.4 Å². The first kappa shape index (κ1) is 23.2. The van der Waals surface area contributed by atoms with Crippen molar-refractivity contribution in [3.8, 4) is 0 Å². The first-order chi connectivity index (χ1) is 12.2. The van der Waals surface area contributed by atoms with Gasteiger partial charge in [-0.15, -0.1) is 0 Å². The molecular weight excluding hydrogens is 356 g/mol. The number of carbonyl (C=O) groups is 5. The number of hydrogen-bond donors (Lipinski definition) is 8. The van der Waals surface area contributed by atoms with Gasteiger partial charge in [-0.2, -0.15) is 0 Å². The minimum Gasteiger partial charge on any atom is -0.481 e. The maximum atomic E-state index is 12.0. The summed E-state index contributed by atoms with van der Waals surface area (Å²) in [5, 5.41) is 41.9. The molecule has 0 spiro atoms. The summed E-state index contributed by atoms with van der Waals surface area (Å²) in [7, 11) is 0. The van der Waals surface area contributed by atoms with Crippen LogP contribution in [-0.2, 0) is 24.0 Å². The Hall–Kier alpha value is -2.77. The van der Waals surface area contributed by atoms with Crippen molar-refractivity contribution in [2.75, 3.05) is 19.8 Å². The number of aliphatic hydroxyl groups excluding tert-OH is 2. The van der Waals surface area contributed by atoms with Crippen LogP contribution in [0.5, 0.6) is 0 Å². The molecule has 3 amide bonds. The van der Waals surface area contributed by atoms with Crippen molar-refractivity contribution in [2.45, 2.75) is 31.0 Å². The summed E-state index contributed by atoms with van der Waals surface area (Å²) in [5.41, 5.74) is 5.06. The highest BCUT2D eigenvalue weighted by Gasteiger charge is 2.29. The van der Waals surface area contributed by atoms with Gasteiger partial charge in [-0.25, -0.2) is 4.79 Å². The topological polar surface area (TPSA) is 228 Å². The molecule has 0 aliphatic heterocycles. The van der Waals surface area contributed by atoms with Crippen LogP contribution in [0.1, 0.15) is 12.8 Å². The molecule has 13 nitrogen and oxygen atoms in total. The number of rotatable bonds is 12. The van der Waals surface area contributed by atoms with E-state index in [9.17, 15) is 29.1 Å². The second kappa shape index (κ2) is 11.7. The molecule has 3 unspecified atom stereocenters. The molecule has 0 bridgehead atoms. The standard InChI is InChI=1S/C13H22N4O9/c14-3-9(20)15-7(4-18)11(23)17-8(5-19)12(24)16-6(13(25)26)1-2-10(21)22/h6-8,18-19H,1-5,14H2,(H,15,20)(H,16,24)(H,17,23)(H,21,22)(H,25,26). The van der Waals surface area contributed by atoms with Crippen LogP contribution in [0, 0.1) is 0 Å². The number of carboxylic acids is 2. The van der Waals surface area contributed by atoms with Crippen LogP contribution in [0.15, 0.2) is 0 Å². The fraction of sp³-hybridized carbons (Fsp3) is 0.615. The second-order valence-corrected chi connectivity index (χ2v) is 5.08. The number of amides is 3. The minimum atomic E-state index is -1.59. The Balaban J connectivity index is 4.89. The first-order valence-corrected chi connectivity index (χ1v) is 7.42. The number of hydrogen-bond acceptors (Lipinski definition) is 8. The zero-order valence-electron chi connectivity index (χ0n) is 13.7. The molecule has 0 rings (SSSR count). The van der Waals surface area contributed by atoms with Crippen LogP contribution in [0.3, 0.4) is 0 Å². The highest BCUT2D eigenvalue weighted by atomic mass is 16.4. The molecule has 0 saturated heterocycles. The smallest absolute Gasteiger partial charge is 0.326 e. The molecule has 0 heterocycles. The van der Waals surface area contributed by atoms with E-state index in [0.29, 0.717) is 0 Å². The lowest BCUT2D eigenvalue weighted by Crippen LogP contribution is -2.58. The third-order valence-electron chi connectivity index (χ3n) is 3.10. The Morgan fingerprint density at radius 1 is 0.808 bits per heavy atom. The average Bonchev–Trinajstić information content (AvgIpc) is 2.59.